The zero-order valence-corrected chi connectivity index (χ0v) is 11.2. The lowest BCUT2D eigenvalue weighted by atomic mass is 10.2. The highest BCUT2D eigenvalue weighted by Gasteiger charge is 2.19. The van der Waals surface area contributed by atoms with Gasteiger partial charge in [-0.05, 0) is 31.5 Å². The first-order valence-electron chi connectivity index (χ1n) is 5.36. The molecule has 94 valence electrons. The van der Waals surface area contributed by atoms with Crippen molar-refractivity contribution in [3.8, 4) is 5.75 Å². The van der Waals surface area contributed by atoms with Gasteiger partial charge in [0.25, 0.3) is 0 Å². The van der Waals surface area contributed by atoms with E-state index in [2.05, 4.69) is 0 Å². The second kappa shape index (κ2) is 6.72. The monoisotopic (exact) mass is 276 g/mol. The quantitative estimate of drug-likeness (QED) is 0.769. The molecule has 0 saturated carbocycles. The minimum absolute atomic E-state index is 0.328. The molecular weight excluding hydrogens is 263 g/mol. The molecule has 0 fully saturated rings. The smallest absolute Gasteiger partial charge is 0.347 e. The van der Waals surface area contributed by atoms with Gasteiger partial charge in [-0.15, -0.1) is 0 Å². The zero-order valence-electron chi connectivity index (χ0n) is 9.70. The van der Waals surface area contributed by atoms with Crippen LogP contribution in [0.4, 0.5) is 0 Å². The Hall–Kier alpha value is -0.930. The summed E-state index contributed by atoms with van der Waals surface area (Å²) in [5, 5.41) is 0.928. The summed E-state index contributed by atoms with van der Waals surface area (Å²) in [5.74, 6) is 0.0773. The van der Waals surface area contributed by atoms with Crippen LogP contribution in [0.15, 0.2) is 18.2 Å². The van der Waals surface area contributed by atoms with Crippen molar-refractivity contribution in [1.29, 1.82) is 0 Å². The lowest BCUT2D eigenvalue weighted by Gasteiger charge is -2.16. The van der Waals surface area contributed by atoms with Crippen LogP contribution in [0, 0.1) is 0 Å². The van der Waals surface area contributed by atoms with E-state index in [9.17, 15) is 4.79 Å². The lowest BCUT2D eigenvalue weighted by Crippen LogP contribution is -2.28. The van der Waals surface area contributed by atoms with Crippen LogP contribution in [0.25, 0.3) is 0 Å². The molecule has 0 saturated heterocycles. The molecule has 0 aromatic heterocycles. The van der Waals surface area contributed by atoms with Crippen molar-refractivity contribution in [3.63, 3.8) is 0 Å². The Balaban J connectivity index is 2.76. The van der Waals surface area contributed by atoms with Gasteiger partial charge >= 0.3 is 5.97 Å². The molecule has 5 heteroatoms. The number of rotatable bonds is 5. The van der Waals surface area contributed by atoms with E-state index in [0.29, 0.717) is 28.8 Å². The predicted octanol–water partition coefficient (Wildman–Crippen LogP) is 3.71. The standard InChI is InChI=1S/C12H14Cl2O3/c1-3-11(12(15)16-4-2)17-10-6-8(13)5-9(14)7-10/h5-7,11H,3-4H2,1-2H3. The van der Waals surface area contributed by atoms with Gasteiger partial charge in [-0.3, -0.25) is 0 Å². The minimum Gasteiger partial charge on any atom is -0.479 e. The van der Waals surface area contributed by atoms with E-state index in [-0.39, 0.29) is 5.97 Å². The molecule has 17 heavy (non-hydrogen) atoms. The van der Waals surface area contributed by atoms with E-state index in [1.165, 1.54) is 0 Å². The van der Waals surface area contributed by atoms with Gasteiger partial charge in [0.2, 0.25) is 0 Å². The second-order valence-corrected chi connectivity index (χ2v) is 4.24. The third-order valence-corrected chi connectivity index (χ3v) is 2.47. The number of ether oxygens (including phenoxy) is 2. The van der Waals surface area contributed by atoms with Crippen molar-refractivity contribution in [1.82, 2.24) is 0 Å². The molecule has 0 aliphatic carbocycles. The van der Waals surface area contributed by atoms with E-state index in [1.54, 1.807) is 25.1 Å². The summed E-state index contributed by atoms with van der Waals surface area (Å²) in [7, 11) is 0. The largest absolute Gasteiger partial charge is 0.479 e. The van der Waals surface area contributed by atoms with Crippen molar-refractivity contribution in [3.05, 3.63) is 28.2 Å². The summed E-state index contributed by atoms with van der Waals surface area (Å²) in [6.45, 7) is 3.92. The molecule has 1 unspecified atom stereocenters. The second-order valence-electron chi connectivity index (χ2n) is 3.37. The molecule has 1 aromatic carbocycles. The number of halogens is 2. The lowest BCUT2D eigenvalue weighted by molar-refractivity contribution is -0.151. The number of hydrogen-bond acceptors (Lipinski definition) is 3. The van der Waals surface area contributed by atoms with Crippen molar-refractivity contribution in [2.75, 3.05) is 6.61 Å². The van der Waals surface area contributed by atoms with Crippen LogP contribution < -0.4 is 4.74 Å². The van der Waals surface area contributed by atoms with Crippen LogP contribution in [0.5, 0.6) is 5.75 Å². The molecule has 0 aliphatic rings. The van der Waals surface area contributed by atoms with Crippen LogP contribution >= 0.6 is 23.2 Å². The Morgan fingerprint density at radius 2 is 1.82 bits per heavy atom. The van der Waals surface area contributed by atoms with Crippen LogP contribution in [-0.2, 0) is 9.53 Å². The Morgan fingerprint density at radius 1 is 1.24 bits per heavy atom. The molecule has 0 radical (unpaired) electrons. The van der Waals surface area contributed by atoms with Crippen molar-refractivity contribution >= 4 is 29.2 Å². The summed E-state index contributed by atoms with van der Waals surface area (Å²) in [6.07, 6.45) is -0.118. The summed E-state index contributed by atoms with van der Waals surface area (Å²) in [5.41, 5.74) is 0. The topological polar surface area (TPSA) is 35.5 Å². The van der Waals surface area contributed by atoms with Gasteiger partial charge in [0.05, 0.1) is 6.61 Å². The zero-order chi connectivity index (χ0) is 12.8. The van der Waals surface area contributed by atoms with Gasteiger partial charge in [0, 0.05) is 10.0 Å². The van der Waals surface area contributed by atoms with E-state index >= 15 is 0 Å². The summed E-state index contributed by atoms with van der Waals surface area (Å²) in [4.78, 5) is 11.5. The Kier molecular flexibility index (Phi) is 5.59. The maximum absolute atomic E-state index is 11.5. The molecule has 0 spiro atoms. The highest BCUT2D eigenvalue weighted by atomic mass is 35.5. The van der Waals surface area contributed by atoms with Gasteiger partial charge in [-0.25, -0.2) is 4.79 Å². The fourth-order valence-electron chi connectivity index (χ4n) is 1.29. The number of hydrogen-bond donors (Lipinski definition) is 0. The number of carbonyl (C=O) groups is 1. The molecule has 1 aromatic rings. The van der Waals surface area contributed by atoms with Gasteiger partial charge in [-0.1, -0.05) is 30.1 Å². The van der Waals surface area contributed by atoms with Crippen molar-refractivity contribution < 1.29 is 14.3 Å². The highest BCUT2D eigenvalue weighted by Crippen LogP contribution is 2.25. The molecule has 1 atom stereocenters. The molecule has 0 aliphatic heterocycles. The first-order valence-corrected chi connectivity index (χ1v) is 6.11. The molecule has 0 amide bonds. The van der Waals surface area contributed by atoms with Crippen LogP contribution in [-0.4, -0.2) is 18.7 Å². The third-order valence-electron chi connectivity index (χ3n) is 2.03. The Labute approximate surface area is 111 Å². The van der Waals surface area contributed by atoms with Gasteiger partial charge in [-0.2, -0.15) is 0 Å². The first-order chi connectivity index (χ1) is 8.06. The summed E-state index contributed by atoms with van der Waals surface area (Å²) in [6, 6.07) is 4.81. The van der Waals surface area contributed by atoms with Gasteiger partial charge in [0.1, 0.15) is 5.75 Å². The number of carbonyl (C=O) groups excluding carboxylic acids is 1. The summed E-state index contributed by atoms with van der Waals surface area (Å²) >= 11 is 11.7. The molecule has 1 rings (SSSR count). The summed E-state index contributed by atoms with van der Waals surface area (Å²) < 4.78 is 10.4. The number of benzene rings is 1. The van der Waals surface area contributed by atoms with Gasteiger partial charge < -0.3 is 9.47 Å². The maximum Gasteiger partial charge on any atom is 0.347 e. The van der Waals surface area contributed by atoms with Gasteiger partial charge in [0.15, 0.2) is 6.10 Å². The predicted molar refractivity (Wildman–Crippen MR) is 67.8 cm³/mol. The fraction of sp³-hybridized carbons (Fsp3) is 0.417. The molecular formula is C12H14Cl2O3. The van der Waals surface area contributed by atoms with Crippen molar-refractivity contribution in [2.24, 2.45) is 0 Å². The molecule has 0 heterocycles. The fourth-order valence-corrected chi connectivity index (χ4v) is 1.80. The maximum atomic E-state index is 11.5. The van der Waals surface area contributed by atoms with Crippen molar-refractivity contribution in [2.45, 2.75) is 26.4 Å². The Morgan fingerprint density at radius 3 is 2.29 bits per heavy atom. The van der Waals surface area contributed by atoms with Crippen LogP contribution in [0.2, 0.25) is 10.0 Å². The SMILES string of the molecule is CCOC(=O)C(CC)Oc1cc(Cl)cc(Cl)c1. The van der Waals surface area contributed by atoms with Crippen LogP contribution in [0.3, 0.4) is 0 Å². The minimum atomic E-state index is -0.635. The third kappa shape index (κ3) is 4.44. The first kappa shape index (κ1) is 14.1. The Bertz CT molecular complexity index is 373. The molecule has 0 N–H and O–H groups in total. The normalized spacial score (nSPS) is 12.0. The van der Waals surface area contributed by atoms with E-state index < -0.39 is 6.10 Å². The van der Waals surface area contributed by atoms with E-state index in [4.69, 9.17) is 32.7 Å². The molecule has 0 bridgehead atoms. The number of esters is 1. The van der Waals surface area contributed by atoms with Crippen LogP contribution in [0.1, 0.15) is 20.3 Å². The van der Waals surface area contributed by atoms with E-state index in [1.807, 2.05) is 6.92 Å². The average molecular weight is 277 g/mol. The highest BCUT2D eigenvalue weighted by molar-refractivity contribution is 6.34. The molecule has 3 nitrogen and oxygen atoms in total. The average Bonchev–Trinajstić information content (AvgIpc) is 2.24. The van der Waals surface area contributed by atoms with E-state index in [0.717, 1.165) is 0 Å².